The van der Waals surface area contributed by atoms with Crippen molar-refractivity contribution in [3.05, 3.63) is 41.5 Å². The summed E-state index contributed by atoms with van der Waals surface area (Å²) in [5, 5.41) is 0. The van der Waals surface area contributed by atoms with Crippen LogP contribution in [0.15, 0.2) is 35.9 Å². The van der Waals surface area contributed by atoms with Crippen LogP contribution in [0.4, 0.5) is 0 Å². The smallest absolute Gasteiger partial charge is 0.337 e. The zero-order chi connectivity index (χ0) is 13.7. The van der Waals surface area contributed by atoms with Crippen molar-refractivity contribution in [2.45, 2.75) is 26.2 Å². The summed E-state index contributed by atoms with van der Waals surface area (Å²) in [5.41, 5.74) is 2.04. The van der Waals surface area contributed by atoms with Crippen LogP contribution in [-0.2, 0) is 4.74 Å². The average molecular weight is 260 g/mol. The Hall–Kier alpha value is -1.77. The number of hydrogen-bond donors (Lipinski definition) is 0. The zero-order valence-electron chi connectivity index (χ0n) is 11.5. The summed E-state index contributed by atoms with van der Waals surface area (Å²) in [5.74, 6) is 1.26. The Morgan fingerprint density at radius 1 is 1.37 bits per heavy atom. The fraction of sp³-hybridized carbons (Fsp3) is 0.438. The fourth-order valence-electron chi connectivity index (χ4n) is 2.33. The molecule has 0 aliphatic heterocycles. The van der Waals surface area contributed by atoms with Gasteiger partial charge in [0.15, 0.2) is 0 Å². The largest absolute Gasteiger partial charge is 0.490 e. The first kappa shape index (κ1) is 13.7. The first-order valence-electron chi connectivity index (χ1n) is 6.68. The fourth-order valence-corrected chi connectivity index (χ4v) is 2.33. The van der Waals surface area contributed by atoms with Crippen molar-refractivity contribution in [1.29, 1.82) is 0 Å². The van der Waals surface area contributed by atoms with Crippen molar-refractivity contribution in [2.75, 3.05) is 13.7 Å². The van der Waals surface area contributed by atoms with Gasteiger partial charge in [0, 0.05) is 0 Å². The van der Waals surface area contributed by atoms with Crippen LogP contribution in [0.2, 0.25) is 0 Å². The monoisotopic (exact) mass is 260 g/mol. The first-order valence-corrected chi connectivity index (χ1v) is 6.68. The highest BCUT2D eigenvalue weighted by Gasteiger charge is 2.14. The SMILES string of the molecule is COC(=O)c1ccc(OC/C=C2\CCC(C)C2)cc1. The van der Waals surface area contributed by atoms with Crippen molar-refractivity contribution < 1.29 is 14.3 Å². The molecule has 102 valence electrons. The highest BCUT2D eigenvalue weighted by Crippen LogP contribution is 2.29. The molecule has 0 N–H and O–H groups in total. The van der Waals surface area contributed by atoms with Gasteiger partial charge in [-0.05, 0) is 55.5 Å². The van der Waals surface area contributed by atoms with Gasteiger partial charge in [-0.25, -0.2) is 4.79 Å². The van der Waals surface area contributed by atoms with E-state index in [2.05, 4.69) is 17.7 Å². The van der Waals surface area contributed by atoms with E-state index in [0.717, 1.165) is 11.7 Å². The highest BCUT2D eigenvalue weighted by molar-refractivity contribution is 5.89. The van der Waals surface area contributed by atoms with Gasteiger partial charge in [-0.2, -0.15) is 0 Å². The zero-order valence-corrected chi connectivity index (χ0v) is 11.5. The molecule has 0 radical (unpaired) electrons. The molecule has 0 saturated heterocycles. The number of carbonyl (C=O) groups excluding carboxylic acids is 1. The Morgan fingerprint density at radius 3 is 2.68 bits per heavy atom. The van der Waals surface area contributed by atoms with E-state index in [9.17, 15) is 4.79 Å². The lowest BCUT2D eigenvalue weighted by atomic mass is 10.1. The molecule has 1 aliphatic carbocycles. The molecule has 1 fully saturated rings. The van der Waals surface area contributed by atoms with Gasteiger partial charge in [-0.15, -0.1) is 0 Å². The lowest BCUT2D eigenvalue weighted by Crippen LogP contribution is -2.01. The van der Waals surface area contributed by atoms with E-state index in [1.165, 1.54) is 31.9 Å². The summed E-state index contributed by atoms with van der Waals surface area (Å²) >= 11 is 0. The minimum atomic E-state index is -0.325. The van der Waals surface area contributed by atoms with Crippen molar-refractivity contribution in [3.8, 4) is 5.75 Å². The van der Waals surface area contributed by atoms with Gasteiger partial charge in [0.1, 0.15) is 12.4 Å². The summed E-state index contributed by atoms with van der Waals surface area (Å²) in [4.78, 5) is 11.3. The standard InChI is InChI=1S/C16H20O3/c1-12-3-4-13(11-12)9-10-19-15-7-5-14(6-8-15)16(17)18-2/h5-9,12H,3-4,10-11H2,1-2H3/b13-9+. The Morgan fingerprint density at radius 2 is 2.11 bits per heavy atom. The van der Waals surface area contributed by atoms with Crippen molar-refractivity contribution in [2.24, 2.45) is 5.92 Å². The quantitative estimate of drug-likeness (QED) is 0.613. The van der Waals surface area contributed by atoms with Crippen LogP contribution in [0.1, 0.15) is 36.5 Å². The predicted molar refractivity (Wildman–Crippen MR) is 74.4 cm³/mol. The molecule has 1 unspecified atom stereocenters. The number of hydrogen-bond acceptors (Lipinski definition) is 3. The second kappa shape index (κ2) is 6.41. The Kier molecular flexibility index (Phi) is 4.61. The van der Waals surface area contributed by atoms with Crippen molar-refractivity contribution in [1.82, 2.24) is 0 Å². The minimum Gasteiger partial charge on any atom is -0.490 e. The molecule has 0 spiro atoms. The number of rotatable bonds is 4. The van der Waals surface area contributed by atoms with Crippen LogP contribution in [0, 0.1) is 5.92 Å². The number of methoxy groups -OCH3 is 1. The third kappa shape index (κ3) is 3.85. The van der Waals surface area contributed by atoms with E-state index in [1.54, 1.807) is 24.3 Å². The van der Waals surface area contributed by atoms with Crippen molar-refractivity contribution >= 4 is 5.97 Å². The molecule has 1 aliphatic rings. The van der Waals surface area contributed by atoms with Gasteiger partial charge in [-0.1, -0.05) is 12.5 Å². The Labute approximate surface area is 114 Å². The summed E-state index contributed by atoms with van der Waals surface area (Å²) in [7, 11) is 1.38. The summed E-state index contributed by atoms with van der Waals surface area (Å²) < 4.78 is 10.3. The van der Waals surface area contributed by atoms with E-state index in [4.69, 9.17) is 4.74 Å². The van der Waals surface area contributed by atoms with Crippen LogP contribution < -0.4 is 4.74 Å². The molecule has 1 atom stereocenters. The number of esters is 1. The van der Waals surface area contributed by atoms with Crippen LogP contribution >= 0.6 is 0 Å². The maximum Gasteiger partial charge on any atom is 0.337 e. The molecule has 2 rings (SSSR count). The first-order chi connectivity index (χ1) is 9.19. The third-order valence-corrected chi connectivity index (χ3v) is 3.47. The molecule has 0 heterocycles. The van der Waals surface area contributed by atoms with E-state index in [1.807, 2.05) is 0 Å². The topological polar surface area (TPSA) is 35.5 Å². The van der Waals surface area contributed by atoms with Crippen LogP contribution in [0.25, 0.3) is 0 Å². The molecular formula is C16H20O3. The molecular weight excluding hydrogens is 240 g/mol. The van der Waals surface area contributed by atoms with E-state index < -0.39 is 0 Å². The van der Waals surface area contributed by atoms with Crippen LogP contribution in [0.5, 0.6) is 5.75 Å². The molecule has 1 aromatic rings. The summed E-state index contributed by atoms with van der Waals surface area (Å²) in [6, 6.07) is 7.02. The van der Waals surface area contributed by atoms with Crippen molar-refractivity contribution in [3.63, 3.8) is 0 Å². The molecule has 1 saturated carbocycles. The Bertz CT molecular complexity index is 459. The summed E-state index contributed by atoms with van der Waals surface area (Å²) in [6.07, 6.45) is 5.87. The van der Waals surface area contributed by atoms with Crippen LogP contribution in [-0.4, -0.2) is 19.7 Å². The number of carbonyl (C=O) groups is 1. The number of allylic oxidation sites excluding steroid dienone is 1. The molecule has 19 heavy (non-hydrogen) atoms. The highest BCUT2D eigenvalue weighted by atomic mass is 16.5. The molecule has 1 aromatic carbocycles. The second-order valence-corrected chi connectivity index (χ2v) is 5.04. The lowest BCUT2D eigenvalue weighted by Gasteiger charge is -2.05. The van der Waals surface area contributed by atoms with Gasteiger partial charge in [0.2, 0.25) is 0 Å². The Balaban J connectivity index is 1.85. The lowest BCUT2D eigenvalue weighted by molar-refractivity contribution is 0.0600. The maximum atomic E-state index is 11.3. The van der Waals surface area contributed by atoms with E-state index in [0.29, 0.717) is 12.2 Å². The van der Waals surface area contributed by atoms with Gasteiger partial charge in [0.25, 0.3) is 0 Å². The minimum absolute atomic E-state index is 0.325. The average Bonchev–Trinajstić information content (AvgIpc) is 2.84. The van der Waals surface area contributed by atoms with E-state index in [-0.39, 0.29) is 5.97 Å². The summed E-state index contributed by atoms with van der Waals surface area (Å²) in [6.45, 7) is 2.88. The molecule has 0 aromatic heterocycles. The van der Waals surface area contributed by atoms with Gasteiger partial charge >= 0.3 is 5.97 Å². The van der Waals surface area contributed by atoms with Crippen LogP contribution in [0.3, 0.4) is 0 Å². The molecule has 0 bridgehead atoms. The molecule has 3 heteroatoms. The van der Waals surface area contributed by atoms with E-state index >= 15 is 0 Å². The molecule has 3 nitrogen and oxygen atoms in total. The number of ether oxygens (including phenoxy) is 2. The normalized spacial score (nSPS) is 20.5. The molecule has 0 amide bonds. The number of benzene rings is 1. The predicted octanol–water partition coefficient (Wildman–Crippen LogP) is 3.60. The maximum absolute atomic E-state index is 11.3. The van der Waals surface area contributed by atoms with Gasteiger partial charge in [-0.3, -0.25) is 0 Å². The van der Waals surface area contributed by atoms with Gasteiger partial charge < -0.3 is 9.47 Å². The third-order valence-electron chi connectivity index (χ3n) is 3.47. The van der Waals surface area contributed by atoms with Gasteiger partial charge in [0.05, 0.1) is 12.7 Å². The second-order valence-electron chi connectivity index (χ2n) is 5.04.